The highest BCUT2D eigenvalue weighted by atomic mass is 32.2. The summed E-state index contributed by atoms with van der Waals surface area (Å²) < 4.78 is 45.3. The van der Waals surface area contributed by atoms with Gasteiger partial charge < -0.3 is 19.9 Å². The Morgan fingerprint density at radius 1 is 1.03 bits per heavy atom. The molecule has 0 amide bonds. The first-order chi connectivity index (χ1) is 13.8. The van der Waals surface area contributed by atoms with Crippen molar-refractivity contribution >= 4 is 17.9 Å². The Morgan fingerprint density at radius 2 is 1.72 bits per heavy atom. The molecule has 158 valence electrons. The number of ether oxygens (including phenoxy) is 3. The van der Waals surface area contributed by atoms with Gasteiger partial charge in [-0.15, -0.1) is 5.10 Å². The zero-order valence-electron chi connectivity index (χ0n) is 16.5. The van der Waals surface area contributed by atoms with E-state index in [4.69, 9.17) is 25.8 Å². The van der Waals surface area contributed by atoms with Gasteiger partial charge in [0.2, 0.25) is 5.96 Å². The number of nitrogens with zero attached hydrogens (tertiary/aromatic N) is 3. The molecule has 0 spiro atoms. The van der Waals surface area contributed by atoms with Crippen molar-refractivity contribution in [1.29, 1.82) is 0 Å². The Morgan fingerprint density at radius 3 is 2.31 bits per heavy atom. The van der Waals surface area contributed by atoms with Gasteiger partial charge in [0.15, 0.2) is 11.6 Å². The van der Waals surface area contributed by atoms with E-state index in [1.54, 1.807) is 25.3 Å². The summed E-state index contributed by atoms with van der Waals surface area (Å²) in [5, 5.41) is 4.96. The van der Waals surface area contributed by atoms with Gasteiger partial charge in [0.25, 0.3) is 0 Å². The Kier molecular flexibility index (Phi) is 7.74. The van der Waals surface area contributed by atoms with E-state index < -0.39 is 11.6 Å². The van der Waals surface area contributed by atoms with Crippen molar-refractivity contribution in [2.75, 3.05) is 28.4 Å². The second-order valence-electron chi connectivity index (χ2n) is 5.75. The van der Waals surface area contributed by atoms with Gasteiger partial charge in [-0.2, -0.15) is 0 Å². The minimum atomic E-state index is -0.704. The monoisotopic (exact) mass is 427 g/mol. The van der Waals surface area contributed by atoms with Gasteiger partial charge in [-0.1, -0.05) is 0 Å². The maximum Gasteiger partial charge on any atom is 0.226 e. The number of rotatable bonds is 8. The number of hydrazine groups is 1. The molecule has 29 heavy (non-hydrogen) atoms. The highest BCUT2D eigenvalue weighted by Crippen LogP contribution is 2.33. The third-order valence-electron chi connectivity index (χ3n) is 3.74. The van der Waals surface area contributed by atoms with Crippen molar-refractivity contribution in [2.45, 2.75) is 11.4 Å². The number of hydrogen-bond donors (Lipinski definition) is 2. The fourth-order valence-electron chi connectivity index (χ4n) is 2.36. The highest BCUT2D eigenvalue weighted by Gasteiger charge is 2.19. The molecule has 0 fully saturated rings. The Hall–Kier alpha value is -2.92. The zero-order chi connectivity index (χ0) is 21.6. The van der Waals surface area contributed by atoms with E-state index >= 15 is 0 Å². The first-order valence-corrected chi connectivity index (χ1v) is 9.08. The molecule has 11 heteroatoms. The van der Waals surface area contributed by atoms with Gasteiger partial charge in [-0.3, -0.25) is 4.31 Å². The van der Waals surface area contributed by atoms with Crippen LogP contribution in [0, 0.1) is 11.6 Å². The van der Waals surface area contributed by atoms with Crippen LogP contribution in [0.1, 0.15) is 5.56 Å². The first-order valence-electron chi connectivity index (χ1n) is 8.31. The van der Waals surface area contributed by atoms with Crippen LogP contribution in [0.15, 0.2) is 40.3 Å². The minimum absolute atomic E-state index is 0.00592. The number of hydrazone groups is 1. The summed E-state index contributed by atoms with van der Waals surface area (Å²) in [6.45, 7) is 0.161. The maximum absolute atomic E-state index is 14.4. The predicted molar refractivity (Wildman–Crippen MR) is 107 cm³/mol. The lowest BCUT2D eigenvalue weighted by Crippen LogP contribution is -2.35. The van der Waals surface area contributed by atoms with E-state index in [1.165, 1.54) is 25.6 Å². The number of methoxy groups -OCH3 is 3. The van der Waals surface area contributed by atoms with E-state index in [0.29, 0.717) is 17.1 Å². The topological polar surface area (TPSA) is 98.6 Å². The van der Waals surface area contributed by atoms with Gasteiger partial charge >= 0.3 is 0 Å². The van der Waals surface area contributed by atoms with Gasteiger partial charge in [-0.25, -0.2) is 19.7 Å². The fraction of sp³-hybridized carbons (Fsp3) is 0.278. The SMILES string of the molecule is COc1ccc(CN(Sc2cc(F)c(OC)cc2F)/C(N)=N/N(C)N)c(OC)c1. The van der Waals surface area contributed by atoms with Crippen molar-refractivity contribution in [1.82, 2.24) is 9.42 Å². The fourth-order valence-corrected chi connectivity index (χ4v) is 3.24. The normalized spacial score (nSPS) is 11.2. The van der Waals surface area contributed by atoms with E-state index in [9.17, 15) is 8.78 Å². The van der Waals surface area contributed by atoms with Crippen molar-refractivity contribution in [3.63, 3.8) is 0 Å². The molecular weight excluding hydrogens is 404 g/mol. The minimum Gasteiger partial charge on any atom is -0.497 e. The number of guanidine groups is 1. The van der Waals surface area contributed by atoms with Crippen molar-refractivity contribution in [2.24, 2.45) is 16.7 Å². The average Bonchev–Trinajstić information content (AvgIpc) is 2.69. The molecule has 0 saturated heterocycles. The zero-order valence-corrected chi connectivity index (χ0v) is 17.3. The van der Waals surface area contributed by atoms with Crippen LogP contribution in [-0.4, -0.2) is 43.8 Å². The van der Waals surface area contributed by atoms with Crippen molar-refractivity contribution < 1.29 is 23.0 Å². The van der Waals surface area contributed by atoms with Crippen LogP contribution in [0.2, 0.25) is 0 Å². The van der Waals surface area contributed by atoms with E-state index in [1.807, 2.05) is 0 Å². The third kappa shape index (κ3) is 5.78. The Balaban J connectivity index is 2.40. The van der Waals surface area contributed by atoms with Crippen LogP contribution in [0.5, 0.6) is 17.2 Å². The molecule has 0 atom stereocenters. The van der Waals surface area contributed by atoms with Crippen molar-refractivity contribution in [3.05, 3.63) is 47.5 Å². The van der Waals surface area contributed by atoms with Crippen LogP contribution in [0.25, 0.3) is 0 Å². The lowest BCUT2D eigenvalue weighted by atomic mass is 10.2. The molecule has 2 aromatic rings. The molecule has 8 nitrogen and oxygen atoms in total. The standard InChI is InChI=1S/C18H23F2N5O3S/c1-24(22)23-18(21)25(10-11-5-6-12(26-2)7-15(11)27-3)29-17-9-13(19)16(28-4)8-14(17)20/h5-9H,10,22H2,1-4H3,(H2,21,23). The van der Waals surface area contributed by atoms with Crippen LogP contribution < -0.4 is 25.8 Å². The molecular formula is C18H23F2N5O3S. The van der Waals surface area contributed by atoms with Crippen LogP contribution in [0.4, 0.5) is 8.78 Å². The summed E-state index contributed by atoms with van der Waals surface area (Å²) in [6, 6.07) is 7.21. The molecule has 2 aromatic carbocycles. The smallest absolute Gasteiger partial charge is 0.226 e. The molecule has 2 rings (SSSR count). The Labute approximate surface area is 172 Å². The summed E-state index contributed by atoms with van der Waals surface area (Å²) in [4.78, 5) is -0.00592. The molecule has 0 aliphatic carbocycles. The summed E-state index contributed by atoms with van der Waals surface area (Å²) in [5.41, 5.74) is 6.75. The number of nitrogens with two attached hydrogens (primary N) is 2. The molecule has 0 unspecified atom stereocenters. The molecule has 0 aliphatic heterocycles. The quantitative estimate of drug-likeness (QED) is 0.218. The molecule has 0 aliphatic rings. The highest BCUT2D eigenvalue weighted by molar-refractivity contribution is 7.97. The summed E-state index contributed by atoms with van der Waals surface area (Å²) in [7, 11) is 5.80. The molecule has 0 bridgehead atoms. The lowest BCUT2D eigenvalue weighted by Gasteiger charge is -2.24. The molecule has 0 saturated carbocycles. The molecule has 0 heterocycles. The largest absolute Gasteiger partial charge is 0.497 e. The van der Waals surface area contributed by atoms with Crippen molar-refractivity contribution in [3.8, 4) is 17.2 Å². The second kappa shape index (κ2) is 10.0. The van der Waals surface area contributed by atoms with Crippen LogP contribution in [-0.2, 0) is 6.54 Å². The van der Waals surface area contributed by atoms with E-state index in [2.05, 4.69) is 5.10 Å². The lowest BCUT2D eigenvalue weighted by molar-refractivity contribution is 0.363. The predicted octanol–water partition coefficient (Wildman–Crippen LogP) is 2.54. The van der Waals surface area contributed by atoms with Crippen LogP contribution >= 0.6 is 11.9 Å². The van der Waals surface area contributed by atoms with Gasteiger partial charge in [0.05, 0.1) is 32.8 Å². The molecule has 0 aromatic heterocycles. The van der Waals surface area contributed by atoms with Gasteiger partial charge in [0.1, 0.15) is 17.3 Å². The first kappa shape index (κ1) is 22.4. The maximum atomic E-state index is 14.4. The van der Waals surface area contributed by atoms with Gasteiger partial charge in [-0.05, 0) is 30.1 Å². The second-order valence-corrected chi connectivity index (χ2v) is 6.82. The number of benzene rings is 2. The van der Waals surface area contributed by atoms with Crippen LogP contribution in [0.3, 0.4) is 0 Å². The summed E-state index contributed by atoms with van der Waals surface area (Å²) >= 11 is 0.861. The van der Waals surface area contributed by atoms with Gasteiger partial charge in [0, 0.05) is 24.7 Å². The molecule has 4 N–H and O–H groups in total. The third-order valence-corrected chi connectivity index (χ3v) is 4.78. The van der Waals surface area contributed by atoms with E-state index in [-0.39, 0.29) is 23.1 Å². The number of halogens is 2. The van der Waals surface area contributed by atoms with E-state index in [0.717, 1.165) is 29.2 Å². The summed E-state index contributed by atoms with van der Waals surface area (Å²) in [5.74, 6) is 5.09. The number of hydrogen-bond acceptors (Lipinski definition) is 7. The molecule has 0 radical (unpaired) electrons. The Bertz CT molecular complexity index is 883. The average molecular weight is 427 g/mol. The summed E-state index contributed by atoms with van der Waals surface area (Å²) in [6.07, 6.45) is 0.